The molecule has 0 unspecified atom stereocenters. The third-order valence-corrected chi connectivity index (χ3v) is 4.80. The lowest BCUT2D eigenvalue weighted by molar-refractivity contribution is -0.142. The number of benzene rings is 2. The maximum absolute atomic E-state index is 13.0. The molecule has 25 heavy (non-hydrogen) atoms. The Morgan fingerprint density at radius 3 is 1.84 bits per heavy atom. The van der Waals surface area contributed by atoms with Gasteiger partial charge < -0.3 is 14.9 Å². The molecule has 2 atom stereocenters. The van der Waals surface area contributed by atoms with Gasteiger partial charge in [-0.3, -0.25) is 0 Å². The van der Waals surface area contributed by atoms with E-state index in [1.807, 2.05) is 60.7 Å². The van der Waals surface area contributed by atoms with Crippen LogP contribution in [0.2, 0.25) is 0 Å². The first-order valence-corrected chi connectivity index (χ1v) is 8.74. The normalized spacial score (nSPS) is 20.1. The van der Waals surface area contributed by atoms with Crippen molar-refractivity contribution in [1.29, 1.82) is 0 Å². The van der Waals surface area contributed by atoms with Crippen molar-refractivity contribution >= 4 is 24.6 Å². The average molecular weight is 356 g/mol. The number of carboxylic acid groups (broad SMARTS) is 1. The molecule has 1 aliphatic rings. The van der Waals surface area contributed by atoms with Gasteiger partial charge in [-0.1, -0.05) is 60.7 Å². The van der Waals surface area contributed by atoms with Gasteiger partial charge >= 0.3 is 12.0 Å². The van der Waals surface area contributed by atoms with Gasteiger partial charge in [-0.05, 0) is 11.1 Å². The number of hydrogen-bond acceptors (Lipinski definition) is 3. The van der Waals surface area contributed by atoms with Crippen molar-refractivity contribution in [3.63, 3.8) is 0 Å². The SMILES string of the molecule is O=C(O)[C@H]1[C@H](CS)N(Cc2ccccc2)C(=O)N1Cc1ccccc1. The number of rotatable bonds is 6. The van der Waals surface area contributed by atoms with Crippen LogP contribution >= 0.6 is 12.6 Å². The molecule has 3 rings (SSSR count). The maximum atomic E-state index is 13.0. The van der Waals surface area contributed by atoms with Gasteiger partial charge in [0.05, 0.1) is 6.04 Å². The minimum absolute atomic E-state index is 0.265. The van der Waals surface area contributed by atoms with Crippen molar-refractivity contribution in [3.8, 4) is 0 Å². The minimum atomic E-state index is -1.00. The summed E-state index contributed by atoms with van der Waals surface area (Å²) in [6.07, 6.45) is 0. The molecule has 0 spiro atoms. The second kappa shape index (κ2) is 7.61. The van der Waals surface area contributed by atoms with Crippen LogP contribution in [-0.2, 0) is 17.9 Å². The number of amides is 2. The lowest BCUT2D eigenvalue weighted by atomic mass is 10.1. The number of aliphatic carboxylic acids is 1. The smallest absolute Gasteiger partial charge is 0.328 e. The van der Waals surface area contributed by atoms with Crippen molar-refractivity contribution in [2.75, 3.05) is 5.75 Å². The van der Waals surface area contributed by atoms with E-state index in [0.717, 1.165) is 11.1 Å². The summed E-state index contributed by atoms with van der Waals surface area (Å²) in [4.78, 5) is 27.9. The molecule has 2 aromatic rings. The van der Waals surface area contributed by atoms with E-state index in [2.05, 4.69) is 12.6 Å². The molecule has 130 valence electrons. The Hall–Kier alpha value is -2.47. The molecule has 0 bridgehead atoms. The Balaban J connectivity index is 1.89. The molecule has 1 heterocycles. The third-order valence-electron chi connectivity index (χ3n) is 4.42. The first-order chi connectivity index (χ1) is 12.1. The zero-order valence-electron chi connectivity index (χ0n) is 13.7. The number of carbonyl (C=O) groups excluding carboxylic acids is 1. The first kappa shape index (κ1) is 17.4. The highest BCUT2D eigenvalue weighted by Gasteiger charge is 2.48. The Morgan fingerprint density at radius 2 is 1.40 bits per heavy atom. The summed E-state index contributed by atoms with van der Waals surface area (Å²) in [5, 5.41) is 9.71. The zero-order chi connectivity index (χ0) is 17.8. The number of hydrogen-bond donors (Lipinski definition) is 2. The Morgan fingerprint density at radius 1 is 0.920 bits per heavy atom. The Bertz CT molecular complexity index is 739. The van der Waals surface area contributed by atoms with E-state index in [1.165, 1.54) is 4.90 Å². The molecular formula is C19H20N2O3S. The lowest BCUT2D eigenvalue weighted by Crippen LogP contribution is -2.44. The third kappa shape index (κ3) is 3.64. The van der Waals surface area contributed by atoms with E-state index >= 15 is 0 Å². The number of carbonyl (C=O) groups is 2. The van der Waals surface area contributed by atoms with Gasteiger partial charge in [0.2, 0.25) is 0 Å². The molecule has 2 aromatic carbocycles. The second-order valence-corrected chi connectivity index (χ2v) is 6.41. The zero-order valence-corrected chi connectivity index (χ0v) is 14.5. The largest absolute Gasteiger partial charge is 0.480 e. The van der Waals surface area contributed by atoms with Gasteiger partial charge in [-0.2, -0.15) is 12.6 Å². The highest BCUT2D eigenvalue weighted by Crippen LogP contribution is 2.28. The highest BCUT2D eigenvalue weighted by atomic mass is 32.1. The number of thiol groups is 1. The predicted molar refractivity (Wildman–Crippen MR) is 98.4 cm³/mol. The molecule has 2 amide bonds. The molecular weight excluding hydrogens is 336 g/mol. The predicted octanol–water partition coefficient (Wildman–Crippen LogP) is 2.88. The molecule has 1 saturated heterocycles. The van der Waals surface area contributed by atoms with E-state index in [0.29, 0.717) is 12.3 Å². The fraction of sp³-hybridized carbons (Fsp3) is 0.263. The van der Waals surface area contributed by atoms with Gasteiger partial charge in [-0.25, -0.2) is 9.59 Å². The van der Waals surface area contributed by atoms with Crippen LogP contribution in [0.1, 0.15) is 11.1 Å². The molecule has 0 aliphatic carbocycles. The molecule has 0 saturated carbocycles. The average Bonchev–Trinajstić information content (AvgIpc) is 2.89. The number of urea groups is 1. The highest BCUT2D eigenvalue weighted by molar-refractivity contribution is 7.80. The summed E-state index contributed by atoms with van der Waals surface area (Å²) in [5.41, 5.74) is 1.87. The van der Waals surface area contributed by atoms with E-state index in [-0.39, 0.29) is 12.6 Å². The maximum Gasteiger partial charge on any atom is 0.328 e. The van der Waals surface area contributed by atoms with E-state index in [9.17, 15) is 14.7 Å². The molecule has 1 fully saturated rings. The molecule has 6 heteroatoms. The van der Waals surface area contributed by atoms with Crippen molar-refractivity contribution in [1.82, 2.24) is 9.80 Å². The Kier molecular flexibility index (Phi) is 5.28. The van der Waals surface area contributed by atoms with Gasteiger partial charge in [-0.15, -0.1) is 0 Å². The van der Waals surface area contributed by atoms with Crippen LogP contribution in [-0.4, -0.2) is 44.7 Å². The van der Waals surface area contributed by atoms with E-state index in [1.54, 1.807) is 4.90 Å². The van der Waals surface area contributed by atoms with Crippen LogP contribution in [0.3, 0.4) is 0 Å². The van der Waals surface area contributed by atoms with Crippen molar-refractivity contribution in [2.24, 2.45) is 0 Å². The molecule has 0 radical (unpaired) electrons. The summed E-state index contributed by atoms with van der Waals surface area (Å²) < 4.78 is 0. The molecule has 5 nitrogen and oxygen atoms in total. The van der Waals surface area contributed by atoms with Gasteiger partial charge in [0.25, 0.3) is 0 Å². The number of nitrogens with zero attached hydrogens (tertiary/aromatic N) is 2. The van der Waals surface area contributed by atoms with Crippen LogP contribution < -0.4 is 0 Å². The van der Waals surface area contributed by atoms with Gasteiger partial charge in [0.1, 0.15) is 0 Å². The molecule has 1 aliphatic heterocycles. The first-order valence-electron chi connectivity index (χ1n) is 8.10. The van der Waals surface area contributed by atoms with Crippen molar-refractivity contribution in [2.45, 2.75) is 25.2 Å². The second-order valence-electron chi connectivity index (χ2n) is 6.04. The van der Waals surface area contributed by atoms with Crippen LogP contribution in [0, 0.1) is 0 Å². The van der Waals surface area contributed by atoms with Gasteiger partial charge in [0, 0.05) is 18.8 Å². The quantitative estimate of drug-likeness (QED) is 0.783. The summed E-state index contributed by atoms with van der Waals surface area (Å²) >= 11 is 4.32. The van der Waals surface area contributed by atoms with Crippen LogP contribution in [0.25, 0.3) is 0 Å². The Labute approximate surface area is 152 Å². The minimum Gasteiger partial charge on any atom is -0.480 e. The monoisotopic (exact) mass is 356 g/mol. The molecule has 1 N–H and O–H groups in total. The van der Waals surface area contributed by atoms with Gasteiger partial charge in [0.15, 0.2) is 6.04 Å². The summed E-state index contributed by atoms with van der Waals surface area (Å²) in [5.74, 6) is -0.709. The fourth-order valence-corrected chi connectivity index (χ4v) is 3.61. The van der Waals surface area contributed by atoms with E-state index in [4.69, 9.17) is 0 Å². The number of carboxylic acids is 1. The molecule has 0 aromatic heterocycles. The van der Waals surface area contributed by atoms with Crippen LogP contribution in [0.4, 0.5) is 4.79 Å². The van der Waals surface area contributed by atoms with E-state index < -0.39 is 18.1 Å². The van der Waals surface area contributed by atoms with Crippen molar-refractivity contribution in [3.05, 3.63) is 71.8 Å². The lowest BCUT2D eigenvalue weighted by Gasteiger charge is -2.23. The summed E-state index contributed by atoms with van der Waals surface area (Å²) in [6, 6.07) is 17.4. The fourth-order valence-electron chi connectivity index (χ4n) is 3.21. The van der Waals surface area contributed by atoms with Crippen LogP contribution in [0.15, 0.2) is 60.7 Å². The van der Waals surface area contributed by atoms with Crippen molar-refractivity contribution < 1.29 is 14.7 Å². The summed E-state index contributed by atoms with van der Waals surface area (Å²) in [6.45, 7) is 0.645. The summed E-state index contributed by atoms with van der Waals surface area (Å²) in [7, 11) is 0. The standard InChI is InChI=1S/C19H20N2O3S/c22-18(23)17-16(13-25)20(11-14-7-3-1-4-8-14)19(24)21(17)12-15-9-5-2-6-10-15/h1-10,16-17,25H,11-13H2,(H,22,23)/t16-,17+/m0/s1. The topological polar surface area (TPSA) is 60.9 Å². The van der Waals surface area contributed by atoms with Crippen LogP contribution in [0.5, 0.6) is 0 Å².